The highest BCUT2D eigenvalue weighted by molar-refractivity contribution is 5.75. The van der Waals surface area contributed by atoms with E-state index >= 15 is 0 Å². The van der Waals surface area contributed by atoms with Crippen molar-refractivity contribution in [2.75, 3.05) is 7.11 Å². The van der Waals surface area contributed by atoms with Gasteiger partial charge >= 0.3 is 0 Å². The quantitative estimate of drug-likeness (QED) is 0.583. The maximum atomic E-state index is 4.99. The van der Waals surface area contributed by atoms with Crippen LogP contribution in [0.5, 0.6) is 5.88 Å². The molecule has 0 bridgehead atoms. The molecule has 0 saturated carbocycles. The van der Waals surface area contributed by atoms with E-state index in [0.29, 0.717) is 17.0 Å². The van der Waals surface area contributed by atoms with Gasteiger partial charge in [-0.25, -0.2) is 9.67 Å². The second kappa shape index (κ2) is 2.40. The highest BCUT2D eigenvalue weighted by atomic mass is 16.5. The fourth-order valence-corrected chi connectivity index (χ4v) is 1.01. The molecular formula is C6H7N5O. The second-order valence-corrected chi connectivity index (χ2v) is 2.27. The topological polar surface area (TPSA) is 65.7 Å². The van der Waals surface area contributed by atoms with Crippen LogP contribution in [-0.4, -0.2) is 32.1 Å². The normalized spacial score (nSPS) is 10.5. The van der Waals surface area contributed by atoms with Crippen LogP contribution in [0.1, 0.15) is 0 Å². The zero-order valence-corrected chi connectivity index (χ0v) is 6.72. The summed E-state index contributed by atoms with van der Waals surface area (Å²) in [7, 11) is 3.31. The van der Waals surface area contributed by atoms with E-state index in [1.807, 2.05) is 0 Å². The Labute approximate surface area is 68.2 Å². The van der Waals surface area contributed by atoms with Crippen molar-refractivity contribution >= 4 is 11.2 Å². The van der Waals surface area contributed by atoms with Crippen LogP contribution < -0.4 is 4.74 Å². The largest absolute Gasteiger partial charge is 0.478 e. The molecule has 0 aliphatic rings. The predicted molar refractivity (Wildman–Crippen MR) is 40.7 cm³/mol. The van der Waals surface area contributed by atoms with Crippen LogP contribution in [0.2, 0.25) is 0 Å². The highest BCUT2D eigenvalue weighted by Gasteiger charge is 2.10. The lowest BCUT2D eigenvalue weighted by Gasteiger charge is -1.89. The molecule has 0 spiro atoms. The lowest BCUT2D eigenvalue weighted by atomic mass is 10.5. The molecule has 0 N–H and O–H groups in total. The van der Waals surface area contributed by atoms with Gasteiger partial charge in [-0.05, 0) is 0 Å². The van der Waals surface area contributed by atoms with Crippen LogP contribution in [0.25, 0.3) is 11.2 Å². The van der Waals surface area contributed by atoms with E-state index in [0.717, 1.165) is 0 Å². The van der Waals surface area contributed by atoms with E-state index in [1.165, 1.54) is 6.33 Å². The van der Waals surface area contributed by atoms with Gasteiger partial charge in [-0.3, -0.25) is 0 Å². The predicted octanol–water partition coefficient (Wildman–Crippen LogP) is -0.233. The number of fused-ring (bicyclic) bond motifs is 1. The van der Waals surface area contributed by atoms with Crippen molar-refractivity contribution in [3.05, 3.63) is 6.33 Å². The summed E-state index contributed by atoms with van der Waals surface area (Å²) >= 11 is 0. The molecule has 0 aromatic carbocycles. The van der Waals surface area contributed by atoms with Crippen LogP contribution in [0, 0.1) is 0 Å². The van der Waals surface area contributed by atoms with Crippen molar-refractivity contribution in [3.8, 4) is 5.88 Å². The molecular weight excluding hydrogens is 158 g/mol. The van der Waals surface area contributed by atoms with Crippen LogP contribution in [-0.2, 0) is 7.05 Å². The first-order valence-electron chi connectivity index (χ1n) is 3.37. The smallest absolute Gasteiger partial charge is 0.261 e. The van der Waals surface area contributed by atoms with E-state index in [9.17, 15) is 0 Å². The van der Waals surface area contributed by atoms with Gasteiger partial charge < -0.3 is 4.74 Å². The Morgan fingerprint density at radius 3 is 3.08 bits per heavy atom. The lowest BCUT2D eigenvalue weighted by molar-refractivity contribution is 0.395. The minimum atomic E-state index is 0.474. The minimum Gasteiger partial charge on any atom is -0.478 e. The first kappa shape index (κ1) is 6.96. The first-order chi connectivity index (χ1) is 5.83. The SMILES string of the molecule is COc1nn(C)c2nncnc12. The fraction of sp³-hybridized carbons (Fsp3) is 0.333. The number of hydrogen-bond donors (Lipinski definition) is 0. The standard InChI is InChI=1S/C6H7N5O/c1-11-5-4(6(10-11)12-2)7-3-8-9-5/h3H,1-2H3. The Morgan fingerprint density at radius 1 is 1.50 bits per heavy atom. The number of nitrogens with zero attached hydrogens (tertiary/aromatic N) is 5. The molecule has 6 heteroatoms. The van der Waals surface area contributed by atoms with Crippen molar-refractivity contribution in [3.63, 3.8) is 0 Å². The summed E-state index contributed by atoms with van der Waals surface area (Å²) in [6.45, 7) is 0. The Balaban J connectivity index is 2.82. The van der Waals surface area contributed by atoms with Gasteiger partial charge in [0, 0.05) is 7.05 Å². The van der Waals surface area contributed by atoms with Crippen molar-refractivity contribution in [2.45, 2.75) is 0 Å². The third kappa shape index (κ3) is 0.810. The number of methoxy groups -OCH3 is 1. The Morgan fingerprint density at radius 2 is 2.33 bits per heavy atom. The summed E-state index contributed by atoms with van der Waals surface area (Å²) in [6.07, 6.45) is 1.37. The summed E-state index contributed by atoms with van der Waals surface area (Å²) in [5.74, 6) is 0.474. The molecule has 0 aliphatic heterocycles. The van der Waals surface area contributed by atoms with Gasteiger partial charge in [0.15, 0.2) is 5.52 Å². The van der Waals surface area contributed by atoms with Gasteiger partial charge in [-0.2, -0.15) is 0 Å². The number of aryl methyl sites for hydroxylation is 1. The molecule has 2 aromatic rings. The third-order valence-electron chi connectivity index (χ3n) is 1.55. The Hall–Kier alpha value is -1.72. The summed E-state index contributed by atoms with van der Waals surface area (Å²) in [4.78, 5) is 3.99. The van der Waals surface area contributed by atoms with Gasteiger partial charge in [0.1, 0.15) is 6.33 Å². The van der Waals surface area contributed by atoms with Crippen LogP contribution >= 0.6 is 0 Å². The fourth-order valence-electron chi connectivity index (χ4n) is 1.01. The molecule has 2 heterocycles. The molecule has 0 radical (unpaired) electrons. The number of aromatic nitrogens is 5. The molecule has 0 atom stereocenters. The lowest BCUT2D eigenvalue weighted by Crippen LogP contribution is -1.93. The van der Waals surface area contributed by atoms with E-state index in [4.69, 9.17) is 4.74 Å². The Bertz CT molecular complexity index is 409. The molecule has 2 aromatic heterocycles. The van der Waals surface area contributed by atoms with E-state index in [2.05, 4.69) is 20.3 Å². The van der Waals surface area contributed by atoms with E-state index < -0.39 is 0 Å². The van der Waals surface area contributed by atoms with E-state index in [1.54, 1.807) is 18.8 Å². The average Bonchev–Trinajstić information content (AvgIpc) is 2.44. The van der Waals surface area contributed by atoms with Crippen molar-refractivity contribution in [2.24, 2.45) is 7.05 Å². The molecule has 0 unspecified atom stereocenters. The average molecular weight is 165 g/mol. The molecule has 12 heavy (non-hydrogen) atoms. The highest BCUT2D eigenvalue weighted by Crippen LogP contribution is 2.17. The third-order valence-corrected chi connectivity index (χ3v) is 1.55. The summed E-state index contributed by atoms with van der Waals surface area (Å²) in [5, 5.41) is 11.5. The molecule has 0 saturated heterocycles. The van der Waals surface area contributed by atoms with Crippen molar-refractivity contribution in [1.29, 1.82) is 0 Å². The van der Waals surface area contributed by atoms with Gasteiger partial charge in [-0.15, -0.1) is 15.3 Å². The Kier molecular flexibility index (Phi) is 1.39. The van der Waals surface area contributed by atoms with Crippen LogP contribution in [0.15, 0.2) is 6.33 Å². The zero-order valence-electron chi connectivity index (χ0n) is 6.72. The molecule has 0 aliphatic carbocycles. The number of hydrogen-bond acceptors (Lipinski definition) is 5. The summed E-state index contributed by atoms with van der Waals surface area (Å²) in [5.41, 5.74) is 1.25. The summed E-state index contributed by atoms with van der Waals surface area (Å²) in [6, 6.07) is 0. The van der Waals surface area contributed by atoms with Crippen molar-refractivity contribution in [1.82, 2.24) is 25.0 Å². The van der Waals surface area contributed by atoms with Crippen molar-refractivity contribution < 1.29 is 4.74 Å². The van der Waals surface area contributed by atoms with Gasteiger partial charge in [-0.1, -0.05) is 0 Å². The molecule has 0 amide bonds. The van der Waals surface area contributed by atoms with E-state index in [-0.39, 0.29) is 0 Å². The maximum Gasteiger partial charge on any atom is 0.261 e. The second-order valence-electron chi connectivity index (χ2n) is 2.27. The zero-order chi connectivity index (χ0) is 8.55. The monoisotopic (exact) mass is 165 g/mol. The van der Waals surface area contributed by atoms with Gasteiger partial charge in [0.2, 0.25) is 5.65 Å². The molecule has 6 nitrogen and oxygen atoms in total. The molecule has 0 fully saturated rings. The van der Waals surface area contributed by atoms with Crippen LogP contribution in [0.4, 0.5) is 0 Å². The maximum absolute atomic E-state index is 4.99. The van der Waals surface area contributed by atoms with Crippen LogP contribution in [0.3, 0.4) is 0 Å². The van der Waals surface area contributed by atoms with Gasteiger partial charge in [0.25, 0.3) is 5.88 Å². The number of ether oxygens (including phenoxy) is 1. The minimum absolute atomic E-state index is 0.474. The number of rotatable bonds is 1. The summed E-state index contributed by atoms with van der Waals surface area (Å²) < 4.78 is 6.56. The first-order valence-corrected chi connectivity index (χ1v) is 3.37. The molecule has 62 valence electrons. The molecule has 2 rings (SSSR count). The van der Waals surface area contributed by atoms with Gasteiger partial charge in [0.05, 0.1) is 7.11 Å².